The molecule has 0 radical (unpaired) electrons. The van der Waals surface area contributed by atoms with Crippen LogP contribution in [0.5, 0.6) is 5.75 Å². The molecule has 1 saturated heterocycles. The molecule has 1 unspecified atom stereocenters. The normalized spacial score (nSPS) is 24.2. The fourth-order valence-corrected chi connectivity index (χ4v) is 2.96. The smallest absolute Gasteiger partial charge is 0.123 e. The van der Waals surface area contributed by atoms with E-state index in [0.717, 1.165) is 18.7 Å². The molecule has 1 aromatic rings. The van der Waals surface area contributed by atoms with Crippen molar-refractivity contribution in [2.75, 3.05) is 26.3 Å². The highest BCUT2D eigenvalue weighted by atomic mass is 16.5. The molecule has 2 N–H and O–H groups in total. The molecule has 1 atom stereocenters. The maximum atomic E-state index is 10.4. The summed E-state index contributed by atoms with van der Waals surface area (Å²) in [5.74, 6) is 1.01. The summed E-state index contributed by atoms with van der Waals surface area (Å²) in [6, 6.07) is 6.33. The van der Waals surface area contributed by atoms with Gasteiger partial charge >= 0.3 is 0 Å². The number of rotatable bonds is 4. The van der Waals surface area contributed by atoms with Crippen LogP contribution in [0.2, 0.25) is 0 Å². The van der Waals surface area contributed by atoms with E-state index in [-0.39, 0.29) is 6.10 Å². The minimum Gasteiger partial charge on any atom is -0.488 e. The fourth-order valence-electron chi connectivity index (χ4n) is 2.96. The zero-order valence-electron chi connectivity index (χ0n) is 12.0. The van der Waals surface area contributed by atoms with E-state index in [1.807, 2.05) is 0 Å². The molecule has 3 rings (SSSR count). The highest BCUT2D eigenvalue weighted by molar-refractivity contribution is 5.40. The average Bonchev–Trinajstić information content (AvgIpc) is 2.81. The summed E-state index contributed by atoms with van der Waals surface area (Å²) < 4.78 is 11.2. The quantitative estimate of drug-likeness (QED) is 0.874. The highest BCUT2D eigenvalue weighted by Crippen LogP contribution is 2.29. The second-order valence-electron chi connectivity index (χ2n) is 6.02. The summed E-state index contributed by atoms with van der Waals surface area (Å²) >= 11 is 0. The molecule has 4 heteroatoms. The Bertz CT molecular complexity index is 469. The molecule has 1 fully saturated rings. The van der Waals surface area contributed by atoms with Gasteiger partial charge in [-0.3, -0.25) is 0 Å². The van der Waals surface area contributed by atoms with Crippen LogP contribution in [0.3, 0.4) is 0 Å². The van der Waals surface area contributed by atoms with Gasteiger partial charge in [-0.1, -0.05) is 17.7 Å². The molecule has 0 aliphatic carbocycles. The lowest BCUT2D eigenvalue weighted by atomic mass is 9.94. The molecule has 2 aliphatic heterocycles. The van der Waals surface area contributed by atoms with Gasteiger partial charge in [0, 0.05) is 45.6 Å². The molecule has 2 heterocycles. The monoisotopic (exact) mass is 277 g/mol. The molecule has 110 valence electrons. The lowest BCUT2D eigenvalue weighted by molar-refractivity contribution is -0.0620. The molecule has 0 amide bonds. The van der Waals surface area contributed by atoms with Crippen LogP contribution in [0.4, 0.5) is 0 Å². The van der Waals surface area contributed by atoms with Crippen LogP contribution in [-0.4, -0.2) is 43.1 Å². The van der Waals surface area contributed by atoms with Crippen molar-refractivity contribution in [2.24, 2.45) is 0 Å². The van der Waals surface area contributed by atoms with Gasteiger partial charge in [0.2, 0.25) is 0 Å². The number of fused-ring (bicyclic) bond motifs is 1. The van der Waals surface area contributed by atoms with Crippen molar-refractivity contribution < 1.29 is 14.6 Å². The second kappa shape index (κ2) is 5.72. The molecule has 0 bridgehead atoms. The molecule has 20 heavy (non-hydrogen) atoms. The van der Waals surface area contributed by atoms with E-state index >= 15 is 0 Å². The van der Waals surface area contributed by atoms with Crippen molar-refractivity contribution in [3.8, 4) is 5.75 Å². The van der Waals surface area contributed by atoms with Gasteiger partial charge in [-0.2, -0.15) is 0 Å². The van der Waals surface area contributed by atoms with Gasteiger partial charge in [-0.25, -0.2) is 0 Å². The first-order chi connectivity index (χ1) is 9.65. The largest absolute Gasteiger partial charge is 0.488 e. The Balaban J connectivity index is 1.46. The summed E-state index contributed by atoms with van der Waals surface area (Å²) in [4.78, 5) is 0. The third-order valence-corrected chi connectivity index (χ3v) is 4.21. The van der Waals surface area contributed by atoms with Crippen LogP contribution in [0.15, 0.2) is 18.2 Å². The predicted molar refractivity (Wildman–Crippen MR) is 77.2 cm³/mol. The van der Waals surface area contributed by atoms with E-state index in [9.17, 15) is 5.11 Å². The number of benzene rings is 1. The Kier molecular flexibility index (Phi) is 3.96. The summed E-state index contributed by atoms with van der Waals surface area (Å²) in [7, 11) is 0. The number of nitrogens with one attached hydrogen (secondary N) is 1. The number of hydrogen-bond donors (Lipinski definition) is 2. The van der Waals surface area contributed by atoms with Crippen molar-refractivity contribution in [3.63, 3.8) is 0 Å². The van der Waals surface area contributed by atoms with Crippen LogP contribution in [0, 0.1) is 6.92 Å². The van der Waals surface area contributed by atoms with Crippen LogP contribution in [-0.2, 0) is 11.2 Å². The Labute approximate surface area is 120 Å². The molecule has 0 aromatic heterocycles. The summed E-state index contributed by atoms with van der Waals surface area (Å²) in [5, 5.41) is 13.7. The Morgan fingerprint density at radius 2 is 2.15 bits per heavy atom. The number of aliphatic hydroxyl groups is 1. The van der Waals surface area contributed by atoms with Gasteiger partial charge in [0.05, 0.1) is 5.60 Å². The minimum atomic E-state index is -0.611. The number of ether oxygens (including phenoxy) is 2. The SMILES string of the molecule is Cc1ccc2c(c1)CC(CNCC1(O)CCOCC1)O2. The molecular formula is C16H23NO3. The van der Waals surface area contributed by atoms with Crippen molar-refractivity contribution >= 4 is 0 Å². The van der Waals surface area contributed by atoms with Gasteiger partial charge in [0.1, 0.15) is 11.9 Å². The lowest BCUT2D eigenvalue weighted by Crippen LogP contribution is -2.47. The van der Waals surface area contributed by atoms with E-state index in [2.05, 4.69) is 30.4 Å². The first kappa shape index (κ1) is 13.9. The molecule has 0 spiro atoms. The topological polar surface area (TPSA) is 50.7 Å². The summed E-state index contributed by atoms with van der Waals surface area (Å²) in [6.45, 7) is 4.81. The number of hydrogen-bond acceptors (Lipinski definition) is 4. The Morgan fingerprint density at radius 1 is 1.35 bits per heavy atom. The standard InChI is InChI=1S/C16H23NO3/c1-12-2-3-15-13(8-12)9-14(20-15)10-17-11-16(18)4-6-19-7-5-16/h2-3,8,14,17-18H,4-7,9-11H2,1H3. The first-order valence-corrected chi connectivity index (χ1v) is 7.42. The van der Waals surface area contributed by atoms with Crippen molar-refractivity contribution in [3.05, 3.63) is 29.3 Å². The number of aryl methyl sites for hydroxylation is 1. The second-order valence-corrected chi connectivity index (χ2v) is 6.02. The first-order valence-electron chi connectivity index (χ1n) is 7.42. The van der Waals surface area contributed by atoms with Gasteiger partial charge in [-0.15, -0.1) is 0 Å². The Hall–Kier alpha value is -1.10. The van der Waals surface area contributed by atoms with Crippen molar-refractivity contribution in [1.82, 2.24) is 5.32 Å². The predicted octanol–water partition coefficient (Wildman–Crippen LogP) is 1.43. The Morgan fingerprint density at radius 3 is 2.95 bits per heavy atom. The van der Waals surface area contributed by atoms with Crippen molar-refractivity contribution in [1.29, 1.82) is 0 Å². The van der Waals surface area contributed by atoms with E-state index in [0.29, 0.717) is 32.6 Å². The average molecular weight is 277 g/mol. The zero-order chi connectivity index (χ0) is 14.0. The molecule has 1 aromatic carbocycles. The maximum Gasteiger partial charge on any atom is 0.123 e. The van der Waals surface area contributed by atoms with Gasteiger partial charge in [-0.05, 0) is 18.6 Å². The van der Waals surface area contributed by atoms with E-state index in [1.165, 1.54) is 11.1 Å². The van der Waals surface area contributed by atoms with E-state index in [4.69, 9.17) is 9.47 Å². The third kappa shape index (κ3) is 3.14. The summed E-state index contributed by atoms with van der Waals surface area (Å²) in [5.41, 5.74) is 1.96. The minimum absolute atomic E-state index is 0.176. The zero-order valence-corrected chi connectivity index (χ0v) is 12.0. The summed E-state index contributed by atoms with van der Waals surface area (Å²) in [6.07, 6.45) is 2.55. The van der Waals surface area contributed by atoms with Crippen LogP contribution in [0.25, 0.3) is 0 Å². The highest BCUT2D eigenvalue weighted by Gasteiger charge is 2.30. The van der Waals surface area contributed by atoms with Crippen LogP contribution in [0.1, 0.15) is 24.0 Å². The van der Waals surface area contributed by atoms with E-state index in [1.54, 1.807) is 0 Å². The third-order valence-electron chi connectivity index (χ3n) is 4.21. The van der Waals surface area contributed by atoms with Crippen LogP contribution >= 0.6 is 0 Å². The van der Waals surface area contributed by atoms with Gasteiger partial charge in [0.15, 0.2) is 0 Å². The van der Waals surface area contributed by atoms with Gasteiger partial charge in [0.25, 0.3) is 0 Å². The fraction of sp³-hybridized carbons (Fsp3) is 0.625. The van der Waals surface area contributed by atoms with Gasteiger partial charge < -0.3 is 19.9 Å². The maximum absolute atomic E-state index is 10.4. The molecule has 4 nitrogen and oxygen atoms in total. The molecule has 2 aliphatic rings. The van der Waals surface area contributed by atoms with E-state index < -0.39 is 5.60 Å². The lowest BCUT2D eigenvalue weighted by Gasteiger charge is -2.32. The molecule has 0 saturated carbocycles. The molecular weight excluding hydrogens is 254 g/mol. The van der Waals surface area contributed by atoms with Crippen molar-refractivity contribution in [2.45, 2.75) is 37.9 Å². The van der Waals surface area contributed by atoms with Crippen LogP contribution < -0.4 is 10.1 Å².